The molecule has 0 amide bonds. The number of carbonyl (C=O) groups is 1. The molecule has 7 heteroatoms. The van der Waals surface area contributed by atoms with Gasteiger partial charge in [-0.2, -0.15) is 5.10 Å². The lowest BCUT2D eigenvalue weighted by atomic mass is 10.3. The number of carboxylic acid groups (broad SMARTS) is 1. The second-order valence-corrected chi connectivity index (χ2v) is 4.18. The zero-order valence-corrected chi connectivity index (χ0v) is 10.2. The SMILES string of the molecule is CN(Cc1cnn(C)c1)Cc1cc(C(=O)O)no1. The molecule has 0 fully saturated rings. The van der Waals surface area contributed by atoms with Crippen LogP contribution in [-0.4, -0.2) is 38.0 Å². The van der Waals surface area contributed by atoms with Gasteiger partial charge in [0, 0.05) is 31.4 Å². The molecule has 2 aromatic rings. The van der Waals surface area contributed by atoms with E-state index in [2.05, 4.69) is 10.3 Å². The number of aromatic nitrogens is 3. The molecule has 0 saturated heterocycles. The van der Waals surface area contributed by atoms with Crippen LogP contribution in [0.25, 0.3) is 0 Å². The molecule has 2 aromatic heterocycles. The third kappa shape index (κ3) is 2.95. The third-order valence-electron chi connectivity index (χ3n) is 2.41. The van der Waals surface area contributed by atoms with Crippen LogP contribution >= 0.6 is 0 Å². The molecule has 0 saturated carbocycles. The van der Waals surface area contributed by atoms with Crippen molar-refractivity contribution in [1.29, 1.82) is 0 Å². The second kappa shape index (κ2) is 5.01. The van der Waals surface area contributed by atoms with Crippen LogP contribution in [0, 0.1) is 0 Å². The Morgan fingerprint density at radius 2 is 2.33 bits per heavy atom. The molecule has 1 N–H and O–H groups in total. The number of carboxylic acids is 1. The molecule has 2 rings (SSSR count). The predicted molar refractivity (Wildman–Crippen MR) is 61.8 cm³/mol. The molecule has 0 aliphatic heterocycles. The van der Waals surface area contributed by atoms with E-state index in [1.54, 1.807) is 10.9 Å². The highest BCUT2D eigenvalue weighted by molar-refractivity contribution is 5.85. The second-order valence-electron chi connectivity index (χ2n) is 4.18. The average Bonchev–Trinajstić information content (AvgIpc) is 2.88. The van der Waals surface area contributed by atoms with Crippen molar-refractivity contribution in [2.45, 2.75) is 13.1 Å². The molecule has 0 atom stereocenters. The van der Waals surface area contributed by atoms with Gasteiger partial charge in [-0.25, -0.2) is 4.79 Å². The standard InChI is InChI=1S/C11H14N4O3/c1-14(5-8-4-12-15(2)6-8)7-9-3-10(11(16)17)13-18-9/h3-4,6H,5,7H2,1-2H3,(H,16,17). The molecule has 2 heterocycles. The highest BCUT2D eigenvalue weighted by Gasteiger charge is 2.12. The summed E-state index contributed by atoms with van der Waals surface area (Å²) in [5, 5.41) is 16.3. The zero-order valence-electron chi connectivity index (χ0n) is 10.2. The van der Waals surface area contributed by atoms with Crippen molar-refractivity contribution in [2.75, 3.05) is 7.05 Å². The smallest absolute Gasteiger partial charge is 0.358 e. The summed E-state index contributed by atoms with van der Waals surface area (Å²) in [7, 11) is 3.77. The Morgan fingerprint density at radius 3 is 2.89 bits per heavy atom. The first kappa shape index (κ1) is 12.3. The molecular formula is C11H14N4O3. The van der Waals surface area contributed by atoms with Gasteiger partial charge in [-0.1, -0.05) is 5.16 Å². The van der Waals surface area contributed by atoms with Crippen molar-refractivity contribution in [1.82, 2.24) is 19.8 Å². The molecule has 0 unspecified atom stereocenters. The minimum atomic E-state index is -1.08. The third-order valence-corrected chi connectivity index (χ3v) is 2.41. The summed E-state index contributed by atoms with van der Waals surface area (Å²) in [5.74, 6) is -0.557. The van der Waals surface area contributed by atoms with Gasteiger partial charge in [-0.3, -0.25) is 9.58 Å². The van der Waals surface area contributed by atoms with Crippen molar-refractivity contribution in [3.05, 3.63) is 35.5 Å². The maximum absolute atomic E-state index is 10.6. The highest BCUT2D eigenvalue weighted by Crippen LogP contribution is 2.09. The fourth-order valence-corrected chi connectivity index (χ4v) is 1.68. The monoisotopic (exact) mass is 250 g/mol. The first-order valence-electron chi connectivity index (χ1n) is 5.39. The molecule has 0 aliphatic rings. The molecule has 7 nitrogen and oxygen atoms in total. The lowest BCUT2D eigenvalue weighted by Crippen LogP contribution is -2.16. The van der Waals surface area contributed by atoms with Crippen molar-refractivity contribution in [2.24, 2.45) is 7.05 Å². The number of aromatic carboxylic acids is 1. The van der Waals surface area contributed by atoms with Crippen molar-refractivity contribution in [3.63, 3.8) is 0 Å². The van der Waals surface area contributed by atoms with Gasteiger partial charge in [0.25, 0.3) is 0 Å². The van der Waals surface area contributed by atoms with E-state index in [0.29, 0.717) is 18.8 Å². The Morgan fingerprint density at radius 1 is 1.56 bits per heavy atom. The normalized spacial score (nSPS) is 11.1. The fraction of sp³-hybridized carbons (Fsp3) is 0.364. The predicted octanol–water partition coefficient (Wildman–Crippen LogP) is 0.738. The van der Waals surface area contributed by atoms with Gasteiger partial charge < -0.3 is 9.63 Å². The van der Waals surface area contributed by atoms with Gasteiger partial charge in [-0.05, 0) is 7.05 Å². The minimum absolute atomic E-state index is 0.0697. The Hall–Kier alpha value is -2.15. The molecule has 18 heavy (non-hydrogen) atoms. The number of rotatable bonds is 5. The first-order chi connectivity index (χ1) is 8.54. The first-order valence-corrected chi connectivity index (χ1v) is 5.39. The Kier molecular flexibility index (Phi) is 3.42. The maximum Gasteiger partial charge on any atom is 0.358 e. The fourth-order valence-electron chi connectivity index (χ4n) is 1.68. The van der Waals surface area contributed by atoms with Crippen LogP contribution in [0.3, 0.4) is 0 Å². The van der Waals surface area contributed by atoms with Gasteiger partial charge >= 0.3 is 5.97 Å². The van der Waals surface area contributed by atoms with E-state index in [1.165, 1.54) is 6.07 Å². The van der Waals surface area contributed by atoms with Crippen molar-refractivity contribution >= 4 is 5.97 Å². The van der Waals surface area contributed by atoms with Crippen molar-refractivity contribution < 1.29 is 14.4 Å². The summed E-state index contributed by atoms with van der Waals surface area (Å²) in [4.78, 5) is 12.6. The van der Waals surface area contributed by atoms with Gasteiger partial charge in [0.2, 0.25) is 0 Å². The maximum atomic E-state index is 10.6. The molecular weight excluding hydrogens is 236 g/mol. The molecule has 0 aliphatic carbocycles. The summed E-state index contributed by atoms with van der Waals surface area (Å²) >= 11 is 0. The van der Waals surface area contributed by atoms with Gasteiger partial charge in [0.15, 0.2) is 11.5 Å². The summed E-state index contributed by atoms with van der Waals surface area (Å²) in [6.45, 7) is 1.20. The van der Waals surface area contributed by atoms with Crippen LogP contribution in [0.4, 0.5) is 0 Å². The summed E-state index contributed by atoms with van der Waals surface area (Å²) in [6.07, 6.45) is 3.72. The molecule has 0 spiro atoms. The number of nitrogens with zero attached hydrogens (tertiary/aromatic N) is 4. The molecule has 0 radical (unpaired) electrons. The van der Waals surface area contributed by atoms with E-state index in [1.807, 2.05) is 25.2 Å². The molecule has 0 aromatic carbocycles. The van der Waals surface area contributed by atoms with Crippen LogP contribution in [0.1, 0.15) is 21.8 Å². The van der Waals surface area contributed by atoms with Gasteiger partial charge in [0.1, 0.15) is 0 Å². The number of hydrogen-bond donors (Lipinski definition) is 1. The largest absolute Gasteiger partial charge is 0.476 e. The number of hydrogen-bond acceptors (Lipinski definition) is 5. The van der Waals surface area contributed by atoms with E-state index >= 15 is 0 Å². The van der Waals surface area contributed by atoms with Gasteiger partial charge in [-0.15, -0.1) is 0 Å². The molecule has 96 valence electrons. The van der Waals surface area contributed by atoms with Crippen LogP contribution in [-0.2, 0) is 20.1 Å². The Balaban J connectivity index is 1.94. The van der Waals surface area contributed by atoms with E-state index in [0.717, 1.165) is 5.56 Å². The summed E-state index contributed by atoms with van der Waals surface area (Å²) in [5.41, 5.74) is 1.01. The summed E-state index contributed by atoms with van der Waals surface area (Å²) < 4.78 is 6.68. The minimum Gasteiger partial charge on any atom is -0.476 e. The topological polar surface area (TPSA) is 84.4 Å². The van der Waals surface area contributed by atoms with Crippen LogP contribution in [0.15, 0.2) is 23.0 Å². The van der Waals surface area contributed by atoms with E-state index in [9.17, 15) is 4.79 Å². The van der Waals surface area contributed by atoms with Crippen molar-refractivity contribution in [3.8, 4) is 0 Å². The average molecular weight is 250 g/mol. The van der Waals surface area contributed by atoms with E-state index in [4.69, 9.17) is 9.63 Å². The van der Waals surface area contributed by atoms with Crippen LogP contribution < -0.4 is 0 Å². The van der Waals surface area contributed by atoms with Crippen LogP contribution in [0.5, 0.6) is 0 Å². The Labute approximate surface area is 104 Å². The summed E-state index contributed by atoms with van der Waals surface area (Å²) in [6, 6.07) is 1.43. The Bertz CT molecular complexity index is 546. The van der Waals surface area contributed by atoms with Crippen LogP contribution in [0.2, 0.25) is 0 Å². The van der Waals surface area contributed by atoms with E-state index in [-0.39, 0.29) is 5.69 Å². The lowest BCUT2D eigenvalue weighted by Gasteiger charge is -2.12. The number of aryl methyl sites for hydroxylation is 1. The van der Waals surface area contributed by atoms with Gasteiger partial charge in [0.05, 0.1) is 12.7 Å². The highest BCUT2D eigenvalue weighted by atomic mass is 16.5. The molecule has 0 bridgehead atoms. The lowest BCUT2D eigenvalue weighted by molar-refractivity contribution is 0.0685. The quantitative estimate of drug-likeness (QED) is 0.842. The zero-order chi connectivity index (χ0) is 13.1. The van der Waals surface area contributed by atoms with E-state index < -0.39 is 5.97 Å².